The van der Waals surface area contributed by atoms with Gasteiger partial charge in [0.05, 0.1) is 18.8 Å². The number of nitrogens with two attached hydrogens (primary N) is 1. The van der Waals surface area contributed by atoms with Crippen molar-refractivity contribution in [3.05, 3.63) is 71.8 Å². The molecule has 4 atom stereocenters. The van der Waals surface area contributed by atoms with Crippen molar-refractivity contribution in [2.45, 2.75) is 77.5 Å². The van der Waals surface area contributed by atoms with Crippen molar-refractivity contribution in [1.82, 2.24) is 21.3 Å². The highest BCUT2D eigenvalue weighted by Gasteiger charge is 2.28. The average Bonchev–Trinajstić information content (AvgIpc) is 3.02. The fourth-order valence-electron chi connectivity index (χ4n) is 4.70. The van der Waals surface area contributed by atoms with Crippen molar-refractivity contribution in [2.75, 3.05) is 6.54 Å². The molecule has 2 aromatic rings. The van der Waals surface area contributed by atoms with Crippen LogP contribution in [0.1, 0.15) is 51.7 Å². The first-order valence-electron chi connectivity index (χ1n) is 15.4. The zero-order valence-corrected chi connectivity index (χ0v) is 26.9. The van der Waals surface area contributed by atoms with E-state index in [0.29, 0.717) is 19.1 Å². The molecule has 0 spiro atoms. The number of benzene rings is 2. The predicted molar refractivity (Wildman–Crippen MR) is 176 cm³/mol. The van der Waals surface area contributed by atoms with Crippen LogP contribution in [0.2, 0.25) is 0 Å². The Labute approximate surface area is 270 Å². The lowest BCUT2D eigenvalue weighted by Crippen LogP contribution is -2.53. The van der Waals surface area contributed by atoms with Crippen LogP contribution in [0.25, 0.3) is 0 Å². The smallest absolute Gasteiger partial charge is 0.268 e. The lowest BCUT2D eigenvalue weighted by atomic mass is 10.0. The third-order valence-electron chi connectivity index (χ3n) is 6.88. The van der Waals surface area contributed by atoms with Crippen LogP contribution >= 0.6 is 0 Å². The first kappa shape index (κ1) is 37.5. The molecule has 0 radical (unpaired) electrons. The maximum absolute atomic E-state index is 13.3. The normalized spacial score (nSPS) is 13.8. The number of hydrogen-bond acceptors (Lipinski definition) is 7. The Bertz CT molecular complexity index is 1330. The van der Waals surface area contributed by atoms with Crippen molar-refractivity contribution in [3.8, 4) is 0 Å². The summed E-state index contributed by atoms with van der Waals surface area (Å²) in [5, 5.41) is 10.5. The van der Waals surface area contributed by atoms with Crippen molar-refractivity contribution in [3.63, 3.8) is 0 Å². The minimum absolute atomic E-state index is 0.0482. The standard InChI is InChI=1S/C34H46N6O6/c1-22(2)15-26(21-41)37-33(45)29(18-25-13-9-6-10-14-25)39-31(43)20-36-32(44)28(17-24-11-7-5-8-12-24)40-34(46)27(16-23(3)4)38-30(42)19-35/h5-14,20-23,26-29H,15-19,35H2,1-4H3,(H,37,45)(H,38,42)(H,39,43)(H,40,46)/t26-,27-,28-,29+/m0/s1. The molecule has 2 aromatic carbocycles. The van der Waals surface area contributed by atoms with E-state index in [1.807, 2.05) is 39.8 Å². The minimum Gasteiger partial charge on any atom is -0.345 e. The largest absolute Gasteiger partial charge is 0.345 e. The molecule has 2 rings (SSSR count). The maximum Gasteiger partial charge on any atom is 0.268 e. The van der Waals surface area contributed by atoms with Crippen LogP contribution in [-0.4, -0.2) is 72.7 Å². The van der Waals surface area contributed by atoms with Crippen LogP contribution in [-0.2, 0) is 41.6 Å². The Hall–Kier alpha value is -4.71. The Morgan fingerprint density at radius 3 is 1.72 bits per heavy atom. The number of carbonyl (C=O) groups excluding carboxylic acids is 6. The third-order valence-corrected chi connectivity index (χ3v) is 6.88. The van der Waals surface area contributed by atoms with E-state index in [-0.39, 0.29) is 31.2 Å². The topological polar surface area (TPSA) is 189 Å². The highest BCUT2D eigenvalue weighted by Crippen LogP contribution is 2.10. The zero-order chi connectivity index (χ0) is 34.1. The summed E-state index contributed by atoms with van der Waals surface area (Å²) in [4.78, 5) is 80.0. The molecule has 0 saturated carbocycles. The van der Waals surface area contributed by atoms with E-state index in [1.54, 1.807) is 48.5 Å². The molecule has 0 aliphatic rings. The molecule has 0 bridgehead atoms. The molecular weight excluding hydrogens is 588 g/mol. The van der Waals surface area contributed by atoms with Gasteiger partial charge in [-0.15, -0.1) is 0 Å². The lowest BCUT2D eigenvalue weighted by Gasteiger charge is -2.23. The first-order valence-corrected chi connectivity index (χ1v) is 15.4. The first-order chi connectivity index (χ1) is 21.9. The molecule has 0 aromatic heterocycles. The quantitative estimate of drug-likeness (QED) is 0.120. The number of rotatable bonds is 18. The molecule has 12 nitrogen and oxygen atoms in total. The fraction of sp³-hybridized carbons (Fsp3) is 0.441. The molecule has 0 aliphatic heterocycles. The summed E-state index contributed by atoms with van der Waals surface area (Å²) in [6, 6.07) is 14.1. The van der Waals surface area contributed by atoms with Crippen molar-refractivity contribution < 1.29 is 28.8 Å². The molecule has 0 fully saturated rings. The zero-order valence-electron chi connectivity index (χ0n) is 26.9. The Kier molecular flexibility index (Phi) is 16.0. The second-order valence-corrected chi connectivity index (χ2v) is 11.9. The van der Waals surface area contributed by atoms with Crippen LogP contribution in [0.5, 0.6) is 0 Å². The molecule has 0 saturated heterocycles. The molecular formula is C34H46N6O6. The second-order valence-electron chi connectivity index (χ2n) is 11.9. The highest BCUT2D eigenvalue weighted by molar-refractivity contribution is 6.28. The van der Waals surface area contributed by atoms with Gasteiger partial charge in [-0.25, -0.2) is 4.99 Å². The summed E-state index contributed by atoms with van der Waals surface area (Å²) in [6.07, 6.45) is 2.37. The van der Waals surface area contributed by atoms with Gasteiger partial charge < -0.3 is 31.8 Å². The number of nitrogens with zero attached hydrogens (tertiary/aromatic N) is 1. The monoisotopic (exact) mass is 634 g/mol. The van der Waals surface area contributed by atoms with Crippen LogP contribution in [0.3, 0.4) is 0 Å². The van der Waals surface area contributed by atoms with Gasteiger partial charge in [-0.3, -0.25) is 24.0 Å². The molecule has 0 unspecified atom stereocenters. The Balaban J connectivity index is 2.24. The van der Waals surface area contributed by atoms with Gasteiger partial charge in [0.25, 0.3) is 11.8 Å². The molecule has 12 heteroatoms. The van der Waals surface area contributed by atoms with E-state index in [2.05, 4.69) is 26.3 Å². The minimum atomic E-state index is -1.16. The van der Waals surface area contributed by atoms with E-state index < -0.39 is 53.7 Å². The highest BCUT2D eigenvalue weighted by atomic mass is 16.2. The van der Waals surface area contributed by atoms with Crippen LogP contribution in [0.15, 0.2) is 65.7 Å². The summed E-state index contributed by atoms with van der Waals surface area (Å²) >= 11 is 0. The Morgan fingerprint density at radius 1 is 0.696 bits per heavy atom. The molecule has 248 valence electrons. The van der Waals surface area contributed by atoms with Crippen molar-refractivity contribution in [2.24, 2.45) is 22.6 Å². The molecule has 0 aliphatic carbocycles. The summed E-state index contributed by atoms with van der Waals surface area (Å²) in [6.45, 7) is 7.32. The molecule has 6 N–H and O–H groups in total. The molecule has 46 heavy (non-hydrogen) atoms. The van der Waals surface area contributed by atoms with Gasteiger partial charge in [0, 0.05) is 12.8 Å². The van der Waals surface area contributed by atoms with Gasteiger partial charge in [0.2, 0.25) is 17.7 Å². The van der Waals surface area contributed by atoms with Gasteiger partial charge in [-0.2, -0.15) is 0 Å². The number of aliphatic imine (C=N–C) groups is 1. The molecule has 5 amide bonds. The Morgan fingerprint density at radius 2 is 1.22 bits per heavy atom. The second kappa shape index (κ2) is 19.6. The SMILES string of the molecule is CC(C)C[C@@H](C=O)NC(=O)[C@@H](Cc1ccccc1)NC(=O)C=NC(=O)[C@H](Cc1ccccc1)NC(=O)[C@H](CC(C)C)NC(=O)CN. The van der Waals surface area contributed by atoms with E-state index >= 15 is 0 Å². The van der Waals surface area contributed by atoms with Crippen molar-refractivity contribution in [1.29, 1.82) is 0 Å². The average molecular weight is 635 g/mol. The molecule has 0 heterocycles. The van der Waals surface area contributed by atoms with Gasteiger partial charge in [0.15, 0.2) is 0 Å². The summed E-state index contributed by atoms with van der Waals surface area (Å²) in [5.41, 5.74) is 6.92. The van der Waals surface area contributed by atoms with E-state index in [0.717, 1.165) is 17.3 Å². The number of hydrogen-bond donors (Lipinski definition) is 5. The van der Waals surface area contributed by atoms with E-state index in [9.17, 15) is 28.8 Å². The third kappa shape index (κ3) is 13.9. The van der Waals surface area contributed by atoms with E-state index in [4.69, 9.17) is 5.73 Å². The fourth-order valence-corrected chi connectivity index (χ4v) is 4.70. The lowest BCUT2D eigenvalue weighted by molar-refractivity contribution is -0.131. The summed E-state index contributed by atoms with van der Waals surface area (Å²) in [7, 11) is 0. The van der Waals surface area contributed by atoms with Gasteiger partial charge in [0.1, 0.15) is 24.4 Å². The van der Waals surface area contributed by atoms with Gasteiger partial charge in [-0.1, -0.05) is 88.4 Å². The number of aldehydes is 1. The van der Waals surface area contributed by atoms with E-state index in [1.165, 1.54) is 0 Å². The van der Waals surface area contributed by atoms with Crippen LogP contribution < -0.4 is 27.0 Å². The maximum atomic E-state index is 13.3. The number of nitrogens with one attached hydrogen (secondary N) is 4. The summed E-state index contributed by atoms with van der Waals surface area (Å²) < 4.78 is 0. The van der Waals surface area contributed by atoms with Gasteiger partial charge >= 0.3 is 0 Å². The van der Waals surface area contributed by atoms with Crippen LogP contribution in [0.4, 0.5) is 0 Å². The van der Waals surface area contributed by atoms with Crippen molar-refractivity contribution >= 4 is 42.0 Å². The number of carbonyl (C=O) groups is 6. The predicted octanol–water partition coefficient (Wildman–Crippen LogP) is 1.26. The summed E-state index contributed by atoms with van der Waals surface area (Å²) in [5.74, 6) is -3.07. The number of amides is 5. The van der Waals surface area contributed by atoms with Gasteiger partial charge in [-0.05, 0) is 35.8 Å². The van der Waals surface area contributed by atoms with Crippen LogP contribution in [0, 0.1) is 11.8 Å².